The third-order valence-corrected chi connectivity index (χ3v) is 3.79. The van der Waals surface area contributed by atoms with Crippen molar-refractivity contribution in [2.75, 3.05) is 20.2 Å². The minimum absolute atomic E-state index is 0.0492. The molecule has 1 aliphatic rings. The molecule has 1 saturated heterocycles. The van der Waals surface area contributed by atoms with Crippen LogP contribution in [-0.4, -0.2) is 38.3 Å². The second-order valence-corrected chi connectivity index (χ2v) is 5.38. The van der Waals surface area contributed by atoms with Crippen molar-refractivity contribution in [2.24, 2.45) is 0 Å². The Morgan fingerprint density at radius 2 is 2.24 bits per heavy atom. The summed E-state index contributed by atoms with van der Waals surface area (Å²) in [5.74, 6) is -1.72. The Labute approximate surface area is 122 Å². The van der Waals surface area contributed by atoms with E-state index in [1.54, 1.807) is 14.0 Å². The number of carbonyl (C=O) groups is 1. The standard InChI is InChI=1S/C15H20F2N2O2/c1-9(11-4-3-10(16)6-12(11)17)5-15(20)19-13-7-18-8-14(13)21-2/h3-4,6,9,13-14,18H,5,7-8H2,1-2H3,(H,19,20). The summed E-state index contributed by atoms with van der Waals surface area (Å²) in [6.07, 6.45) is 0.0991. The Hall–Kier alpha value is -1.53. The summed E-state index contributed by atoms with van der Waals surface area (Å²) in [4.78, 5) is 12.0. The zero-order valence-corrected chi connectivity index (χ0v) is 12.2. The average Bonchev–Trinajstić information content (AvgIpc) is 2.85. The molecule has 116 valence electrons. The molecule has 6 heteroatoms. The molecule has 1 heterocycles. The van der Waals surface area contributed by atoms with E-state index in [2.05, 4.69) is 10.6 Å². The van der Waals surface area contributed by atoms with Crippen LogP contribution in [0.1, 0.15) is 24.8 Å². The quantitative estimate of drug-likeness (QED) is 0.867. The molecule has 1 aromatic rings. The van der Waals surface area contributed by atoms with Gasteiger partial charge in [0.1, 0.15) is 11.6 Å². The molecular formula is C15H20F2N2O2. The van der Waals surface area contributed by atoms with Crippen LogP contribution in [0, 0.1) is 11.6 Å². The molecule has 2 rings (SSSR count). The predicted molar refractivity (Wildman–Crippen MR) is 75.0 cm³/mol. The van der Waals surface area contributed by atoms with Gasteiger partial charge in [-0.15, -0.1) is 0 Å². The number of amides is 1. The van der Waals surface area contributed by atoms with Gasteiger partial charge in [-0.05, 0) is 17.5 Å². The summed E-state index contributed by atoms with van der Waals surface area (Å²) in [5, 5.41) is 6.03. The number of hydrogen-bond donors (Lipinski definition) is 2. The van der Waals surface area contributed by atoms with Crippen molar-refractivity contribution in [3.05, 3.63) is 35.4 Å². The van der Waals surface area contributed by atoms with Gasteiger partial charge in [0, 0.05) is 32.7 Å². The Morgan fingerprint density at radius 1 is 1.48 bits per heavy atom. The van der Waals surface area contributed by atoms with Crippen molar-refractivity contribution < 1.29 is 18.3 Å². The van der Waals surface area contributed by atoms with Crippen LogP contribution in [0.25, 0.3) is 0 Å². The van der Waals surface area contributed by atoms with Crippen molar-refractivity contribution in [3.8, 4) is 0 Å². The van der Waals surface area contributed by atoms with E-state index in [4.69, 9.17) is 4.74 Å². The number of halogens is 2. The molecule has 4 nitrogen and oxygen atoms in total. The molecule has 2 N–H and O–H groups in total. The number of carbonyl (C=O) groups excluding carboxylic acids is 1. The summed E-state index contributed by atoms with van der Waals surface area (Å²) < 4.78 is 31.8. The Balaban J connectivity index is 1.92. The first-order valence-electron chi connectivity index (χ1n) is 6.99. The highest BCUT2D eigenvalue weighted by Gasteiger charge is 2.28. The van der Waals surface area contributed by atoms with E-state index in [1.807, 2.05) is 0 Å². The van der Waals surface area contributed by atoms with E-state index in [0.29, 0.717) is 18.7 Å². The summed E-state index contributed by atoms with van der Waals surface area (Å²) in [7, 11) is 1.60. The molecule has 0 radical (unpaired) electrons. The number of hydrogen-bond acceptors (Lipinski definition) is 3. The van der Waals surface area contributed by atoms with Gasteiger partial charge >= 0.3 is 0 Å². The third kappa shape index (κ3) is 3.98. The van der Waals surface area contributed by atoms with Crippen molar-refractivity contribution in [1.82, 2.24) is 10.6 Å². The van der Waals surface area contributed by atoms with Crippen LogP contribution < -0.4 is 10.6 Å². The normalized spacial score (nSPS) is 23.0. The first-order valence-corrected chi connectivity index (χ1v) is 6.99. The maximum Gasteiger partial charge on any atom is 0.220 e. The summed E-state index contributed by atoms with van der Waals surface area (Å²) in [6, 6.07) is 3.35. The van der Waals surface area contributed by atoms with Gasteiger partial charge < -0.3 is 15.4 Å². The molecular weight excluding hydrogens is 278 g/mol. The zero-order valence-electron chi connectivity index (χ0n) is 12.2. The number of methoxy groups -OCH3 is 1. The number of rotatable bonds is 5. The number of benzene rings is 1. The van der Waals surface area contributed by atoms with Crippen LogP contribution in [0.4, 0.5) is 8.78 Å². The molecule has 0 aromatic heterocycles. The molecule has 3 atom stereocenters. The lowest BCUT2D eigenvalue weighted by molar-refractivity contribution is -0.122. The molecule has 3 unspecified atom stereocenters. The van der Waals surface area contributed by atoms with Crippen LogP contribution in [0.15, 0.2) is 18.2 Å². The van der Waals surface area contributed by atoms with E-state index in [1.165, 1.54) is 12.1 Å². The van der Waals surface area contributed by atoms with Crippen LogP contribution in [0.5, 0.6) is 0 Å². The molecule has 21 heavy (non-hydrogen) atoms. The maximum absolute atomic E-state index is 13.7. The van der Waals surface area contributed by atoms with Crippen molar-refractivity contribution in [3.63, 3.8) is 0 Å². The van der Waals surface area contributed by atoms with Crippen molar-refractivity contribution in [1.29, 1.82) is 0 Å². The largest absolute Gasteiger partial charge is 0.378 e. The average molecular weight is 298 g/mol. The fraction of sp³-hybridized carbons (Fsp3) is 0.533. The molecule has 1 aliphatic heterocycles. The predicted octanol–water partition coefficient (Wildman–Crippen LogP) is 1.56. The van der Waals surface area contributed by atoms with Gasteiger partial charge in [-0.3, -0.25) is 4.79 Å². The summed E-state index contributed by atoms with van der Waals surface area (Å²) >= 11 is 0. The molecule has 0 bridgehead atoms. The van der Waals surface area contributed by atoms with Gasteiger partial charge in [0.25, 0.3) is 0 Å². The first-order chi connectivity index (χ1) is 10.0. The third-order valence-electron chi connectivity index (χ3n) is 3.79. The lowest BCUT2D eigenvalue weighted by Gasteiger charge is -2.20. The lowest BCUT2D eigenvalue weighted by Crippen LogP contribution is -2.43. The van der Waals surface area contributed by atoms with E-state index >= 15 is 0 Å². The van der Waals surface area contributed by atoms with E-state index < -0.39 is 11.6 Å². The Kier molecular flexibility index (Phi) is 5.25. The fourth-order valence-corrected chi connectivity index (χ4v) is 2.60. The van der Waals surface area contributed by atoms with Crippen LogP contribution in [-0.2, 0) is 9.53 Å². The number of ether oxygens (including phenoxy) is 1. The molecule has 0 saturated carbocycles. The maximum atomic E-state index is 13.7. The molecule has 1 fully saturated rings. The van der Waals surface area contributed by atoms with Gasteiger partial charge in [0.05, 0.1) is 12.1 Å². The SMILES string of the molecule is COC1CNCC1NC(=O)CC(C)c1ccc(F)cc1F. The molecule has 1 aromatic carbocycles. The van der Waals surface area contributed by atoms with Gasteiger partial charge in [-0.25, -0.2) is 8.78 Å². The van der Waals surface area contributed by atoms with E-state index in [9.17, 15) is 13.6 Å². The topological polar surface area (TPSA) is 50.4 Å². The van der Waals surface area contributed by atoms with Crippen molar-refractivity contribution in [2.45, 2.75) is 31.4 Å². The molecule has 0 spiro atoms. The van der Waals surface area contributed by atoms with E-state index in [-0.39, 0.29) is 30.4 Å². The van der Waals surface area contributed by atoms with Crippen LogP contribution in [0.2, 0.25) is 0 Å². The zero-order chi connectivity index (χ0) is 15.4. The van der Waals surface area contributed by atoms with Gasteiger partial charge in [0.2, 0.25) is 5.91 Å². The summed E-state index contributed by atoms with van der Waals surface area (Å²) in [5.41, 5.74) is 0.347. The summed E-state index contributed by atoms with van der Waals surface area (Å²) in [6.45, 7) is 3.10. The molecule has 0 aliphatic carbocycles. The highest BCUT2D eigenvalue weighted by molar-refractivity contribution is 5.77. The highest BCUT2D eigenvalue weighted by atomic mass is 19.1. The Morgan fingerprint density at radius 3 is 2.90 bits per heavy atom. The monoisotopic (exact) mass is 298 g/mol. The second-order valence-electron chi connectivity index (χ2n) is 5.38. The van der Waals surface area contributed by atoms with Gasteiger partial charge in [-0.2, -0.15) is 0 Å². The minimum Gasteiger partial charge on any atom is -0.378 e. The van der Waals surface area contributed by atoms with Crippen molar-refractivity contribution >= 4 is 5.91 Å². The lowest BCUT2D eigenvalue weighted by atomic mass is 9.96. The Bertz CT molecular complexity index is 510. The van der Waals surface area contributed by atoms with Crippen LogP contribution in [0.3, 0.4) is 0 Å². The van der Waals surface area contributed by atoms with Gasteiger partial charge in [0.15, 0.2) is 0 Å². The second kappa shape index (κ2) is 6.95. The smallest absolute Gasteiger partial charge is 0.220 e. The molecule has 1 amide bonds. The number of nitrogens with one attached hydrogen (secondary N) is 2. The fourth-order valence-electron chi connectivity index (χ4n) is 2.60. The highest BCUT2D eigenvalue weighted by Crippen LogP contribution is 2.22. The first kappa shape index (κ1) is 15.9. The van der Waals surface area contributed by atoms with Crippen LogP contribution >= 0.6 is 0 Å². The van der Waals surface area contributed by atoms with Gasteiger partial charge in [-0.1, -0.05) is 13.0 Å². The minimum atomic E-state index is -0.618. The van der Waals surface area contributed by atoms with E-state index in [0.717, 1.165) is 6.07 Å².